The van der Waals surface area contributed by atoms with Crippen LogP contribution in [0.1, 0.15) is 27.2 Å². The summed E-state index contributed by atoms with van der Waals surface area (Å²) in [5.41, 5.74) is 4.60. The number of nitrogens with two attached hydrogens (primary N) is 1. The standard InChI is InChI=1S/C10H21N3O2S/c1-5-10(3,8(11)13-15)9(14)12-6-7(2)16-4/h7,15H,5-6H2,1-4H3,(H2,11,13)(H,12,14). The van der Waals surface area contributed by atoms with Gasteiger partial charge in [0.05, 0.1) is 0 Å². The number of thioether (sulfide) groups is 1. The maximum atomic E-state index is 11.9. The summed E-state index contributed by atoms with van der Waals surface area (Å²) in [7, 11) is 0. The summed E-state index contributed by atoms with van der Waals surface area (Å²) >= 11 is 1.67. The Labute approximate surface area is 101 Å². The average molecular weight is 247 g/mol. The van der Waals surface area contributed by atoms with Crippen molar-refractivity contribution in [2.45, 2.75) is 32.4 Å². The Morgan fingerprint density at radius 3 is 2.62 bits per heavy atom. The van der Waals surface area contributed by atoms with Crippen LogP contribution in [-0.2, 0) is 4.79 Å². The predicted molar refractivity (Wildman–Crippen MR) is 67.8 cm³/mol. The Balaban J connectivity index is 4.55. The van der Waals surface area contributed by atoms with Gasteiger partial charge < -0.3 is 16.3 Å². The second kappa shape index (κ2) is 6.62. The SMILES string of the molecule is CCC(C)(C(=O)NCC(C)SC)C(N)=NO. The number of rotatable bonds is 6. The van der Waals surface area contributed by atoms with E-state index in [0.29, 0.717) is 18.2 Å². The normalized spacial score (nSPS) is 17.6. The van der Waals surface area contributed by atoms with Gasteiger partial charge in [0.2, 0.25) is 5.91 Å². The van der Waals surface area contributed by atoms with Crippen molar-refractivity contribution in [1.29, 1.82) is 0 Å². The van der Waals surface area contributed by atoms with Crippen LogP contribution in [0, 0.1) is 5.41 Å². The molecule has 0 spiro atoms. The first-order valence-corrected chi connectivity index (χ1v) is 6.50. The van der Waals surface area contributed by atoms with Crippen molar-refractivity contribution in [3.05, 3.63) is 0 Å². The molecule has 0 aromatic rings. The molecule has 6 heteroatoms. The van der Waals surface area contributed by atoms with E-state index in [1.54, 1.807) is 18.7 Å². The Kier molecular flexibility index (Phi) is 6.25. The summed E-state index contributed by atoms with van der Waals surface area (Å²) in [4.78, 5) is 11.9. The topological polar surface area (TPSA) is 87.7 Å². The number of hydrogen-bond donors (Lipinski definition) is 3. The fourth-order valence-electron chi connectivity index (χ4n) is 1.08. The highest BCUT2D eigenvalue weighted by Crippen LogP contribution is 2.21. The van der Waals surface area contributed by atoms with Crippen molar-refractivity contribution < 1.29 is 10.0 Å². The predicted octanol–water partition coefficient (Wildman–Crippen LogP) is 1.02. The van der Waals surface area contributed by atoms with Crippen molar-refractivity contribution in [1.82, 2.24) is 5.32 Å². The third-order valence-electron chi connectivity index (χ3n) is 2.83. The zero-order valence-corrected chi connectivity index (χ0v) is 11.1. The Bertz CT molecular complexity index is 271. The molecule has 5 nitrogen and oxygen atoms in total. The molecule has 0 aliphatic heterocycles. The van der Waals surface area contributed by atoms with Crippen LogP contribution < -0.4 is 11.1 Å². The van der Waals surface area contributed by atoms with Crippen LogP contribution in [-0.4, -0.2) is 35.0 Å². The molecular formula is C10H21N3O2S. The third kappa shape index (κ3) is 3.59. The monoisotopic (exact) mass is 247 g/mol. The summed E-state index contributed by atoms with van der Waals surface area (Å²) in [5, 5.41) is 14.7. The van der Waals surface area contributed by atoms with Crippen molar-refractivity contribution in [2.75, 3.05) is 12.8 Å². The quantitative estimate of drug-likeness (QED) is 0.283. The summed E-state index contributed by atoms with van der Waals surface area (Å²) in [6.07, 6.45) is 2.47. The van der Waals surface area contributed by atoms with Crippen LogP contribution in [0.25, 0.3) is 0 Å². The van der Waals surface area contributed by atoms with Crippen LogP contribution in [0.15, 0.2) is 5.16 Å². The van der Waals surface area contributed by atoms with Crippen LogP contribution in [0.2, 0.25) is 0 Å². The number of hydrogen-bond acceptors (Lipinski definition) is 4. The molecule has 0 rings (SSSR count). The molecule has 4 N–H and O–H groups in total. The Morgan fingerprint density at radius 2 is 2.25 bits per heavy atom. The molecule has 0 bridgehead atoms. The smallest absolute Gasteiger partial charge is 0.233 e. The van der Waals surface area contributed by atoms with Gasteiger partial charge in [0.25, 0.3) is 0 Å². The zero-order valence-electron chi connectivity index (χ0n) is 10.3. The number of amides is 1. The molecule has 0 aromatic carbocycles. The zero-order chi connectivity index (χ0) is 12.8. The van der Waals surface area contributed by atoms with Gasteiger partial charge in [-0.05, 0) is 19.6 Å². The molecular weight excluding hydrogens is 226 g/mol. The molecule has 0 aliphatic rings. The van der Waals surface area contributed by atoms with E-state index >= 15 is 0 Å². The maximum absolute atomic E-state index is 11.9. The van der Waals surface area contributed by atoms with Gasteiger partial charge in [-0.3, -0.25) is 4.79 Å². The molecule has 0 heterocycles. The molecule has 0 saturated heterocycles. The van der Waals surface area contributed by atoms with Gasteiger partial charge in [0, 0.05) is 11.8 Å². The van der Waals surface area contributed by atoms with Crippen LogP contribution in [0.3, 0.4) is 0 Å². The van der Waals surface area contributed by atoms with E-state index in [9.17, 15) is 4.79 Å². The Morgan fingerprint density at radius 1 is 1.69 bits per heavy atom. The minimum Gasteiger partial charge on any atom is -0.409 e. The van der Waals surface area contributed by atoms with Gasteiger partial charge in [-0.1, -0.05) is 19.0 Å². The lowest BCUT2D eigenvalue weighted by Crippen LogP contribution is -2.48. The number of oxime groups is 1. The number of amidine groups is 1. The first-order chi connectivity index (χ1) is 7.42. The van der Waals surface area contributed by atoms with Gasteiger partial charge in [0.1, 0.15) is 5.41 Å². The molecule has 0 aromatic heterocycles. The molecule has 94 valence electrons. The molecule has 0 fully saturated rings. The summed E-state index contributed by atoms with van der Waals surface area (Å²) in [6, 6.07) is 0. The van der Waals surface area contributed by atoms with Gasteiger partial charge in [-0.15, -0.1) is 0 Å². The minimum atomic E-state index is -0.938. The first-order valence-electron chi connectivity index (χ1n) is 5.21. The molecule has 0 saturated carbocycles. The third-order valence-corrected chi connectivity index (χ3v) is 3.81. The van der Waals surface area contributed by atoms with Crippen LogP contribution >= 0.6 is 11.8 Å². The Hall–Kier alpha value is -0.910. The second-order valence-corrected chi connectivity index (χ2v) is 5.20. The van der Waals surface area contributed by atoms with Gasteiger partial charge in [-0.2, -0.15) is 11.8 Å². The van der Waals surface area contributed by atoms with Crippen molar-refractivity contribution in [3.8, 4) is 0 Å². The van der Waals surface area contributed by atoms with E-state index in [4.69, 9.17) is 10.9 Å². The highest BCUT2D eigenvalue weighted by atomic mass is 32.2. The number of carbonyl (C=O) groups excluding carboxylic acids is 1. The summed E-state index contributed by atoms with van der Waals surface area (Å²) in [6.45, 7) is 6.10. The highest BCUT2D eigenvalue weighted by molar-refractivity contribution is 7.99. The lowest BCUT2D eigenvalue weighted by Gasteiger charge is -2.25. The van der Waals surface area contributed by atoms with Crippen LogP contribution in [0.4, 0.5) is 0 Å². The van der Waals surface area contributed by atoms with E-state index in [0.717, 1.165) is 0 Å². The van der Waals surface area contributed by atoms with Gasteiger partial charge in [0.15, 0.2) is 5.84 Å². The summed E-state index contributed by atoms with van der Waals surface area (Å²) in [5.74, 6) is -0.254. The van der Waals surface area contributed by atoms with E-state index in [-0.39, 0.29) is 11.7 Å². The molecule has 0 radical (unpaired) electrons. The number of nitrogens with one attached hydrogen (secondary N) is 1. The average Bonchev–Trinajstić information content (AvgIpc) is 2.32. The largest absolute Gasteiger partial charge is 0.409 e. The van der Waals surface area contributed by atoms with Gasteiger partial charge >= 0.3 is 0 Å². The lowest BCUT2D eigenvalue weighted by molar-refractivity contribution is -0.127. The lowest BCUT2D eigenvalue weighted by atomic mass is 9.85. The van der Waals surface area contributed by atoms with Gasteiger partial charge in [-0.25, -0.2) is 0 Å². The molecule has 1 amide bonds. The van der Waals surface area contributed by atoms with Crippen molar-refractivity contribution in [2.24, 2.45) is 16.3 Å². The van der Waals surface area contributed by atoms with E-state index in [1.807, 2.05) is 20.1 Å². The van der Waals surface area contributed by atoms with E-state index in [1.165, 1.54) is 0 Å². The molecule has 2 atom stereocenters. The van der Waals surface area contributed by atoms with E-state index < -0.39 is 5.41 Å². The highest BCUT2D eigenvalue weighted by Gasteiger charge is 2.36. The second-order valence-electron chi connectivity index (χ2n) is 3.93. The maximum Gasteiger partial charge on any atom is 0.233 e. The first kappa shape index (κ1) is 15.1. The van der Waals surface area contributed by atoms with Crippen LogP contribution in [0.5, 0.6) is 0 Å². The van der Waals surface area contributed by atoms with E-state index in [2.05, 4.69) is 10.5 Å². The number of nitrogens with zero attached hydrogens (tertiary/aromatic N) is 1. The fraction of sp³-hybridized carbons (Fsp3) is 0.800. The fourth-order valence-corrected chi connectivity index (χ4v) is 1.33. The minimum absolute atomic E-state index is 0.0516. The molecule has 2 unspecified atom stereocenters. The molecule has 16 heavy (non-hydrogen) atoms. The van der Waals surface area contributed by atoms with Crippen molar-refractivity contribution in [3.63, 3.8) is 0 Å². The molecule has 0 aliphatic carbocycles. The van der Waals surface area contributed by atoms with Crippen molar-refractivity contribution >= 4 is 23.5 Å². The number of carbonyl (C=O) groups is 1. The summed E-state index contributed by atoms with van der Waals surface area (Å²) < 4.78 is 0.